The molecule has 0 fully saturated rings. The number of nitrogens with one attached hydrogen (secondary N) is 1. The number of benzene rings is 1. The number of carbonyl (C=O) groups excluding carboxylic acids is 2. The highest BCUT2D eigenvalue weighted by Crippen LogP contribution is 2.18. The molecule has 1 aromatic rings. The number of esters is 1. The minimum Gasteiger partial charge on any atom is -0.466 e. The fourth-order valence-corrected chi connectivity index (χ4v) is 1.65. The van der Waals surface area contributed by atoms with Crippen molar-refractivity contribution in [1.82, 2.24) is 0 Å². The molecule has 0 spiro atoms. The summed E-state index contributed by atoms with van der Waals surface area (Å²) in [6.07, 6.45) is 0.258. The van der Waals surface area contributed by atoms with Gasteiger partial charge in [-0.1, -0.05) is 26.0 Å². The lowest BCUT2D eigenvalue weighted by molar-refractivity contribution is -0.144. The molecule has 0 aromatic heterocycles. The molecule has 0 aliphatic rings. The summed E-state index contributed by atoms with van der Waals surface area (Å²) in [5.41, 5.74) is 1.93. The summed E-state index contributed by atoms with van der Waals surface area (Å²) >= 11 is 0. The van der Waals surface area contributed by atoms with Crippen molar-refractivity contribution in [2.45, 2.75) is 39.5 Å². The van der Waals surface area contributed by atoms with Crippen LogP contribution in [0.15, 0.2) is 24.3 Å². The normalized spacial score (nSPS) is 10.3. The number of ether oxygens (including phenoxy) is 1. The maximum absolute atomic E-state index is 11.7. The molecule has 0 saturated carbocycles. The molecule has 0 saturated heterocycles. The van der Waals surface area contributed by atoms with Crippen LogP contribution in [0.5, 0.6) is 0 Å². The third-order valence-corrected chi connectivity index (χ3v) is 2.70. The van der Waals surface area contributed by atoms with Crippen LogP contribution in [-0.2, 0) is 14.3 Å². The van der Waals surface area contributed by atoms with Gasteiger partial charge in [0.2, 0.25) is 5.91 Å². The number of anilines is 1. The van der Waals surface area contributed by atoms with E-state index in [9.17, 15) is 9.59 Å². The molecule has 1 N–H and O–H groups in total. The van der Waals surface area contributed by atoms with Gasteiger partial charge in [0.05, 0.1) is 13.0 Å². The van der Waals surface area contributed by atoms with Crippen LogP contribution >= 0.6 is 0 Å². The van der Waals surface area contributed by atoms with E-state index in [1.165, 1.54) is 5.56 Å². The monoisotopic (exact) mass is 263 g/mol. The Hall–Kier alpha value is -1.84. The molecule has 0 atom stereocenters. The Morgan fingerprint density at radius 3 is 2.63 bits per heavy atom. The maximum Gasteiger partial charge on any atom is 0.306 e. The average Bonchev–Trinajstić information content (AvgIpc) is 2.37. The fraction of sp³-hybridized carbons (Fsp3) is 0.467. The summed E-state index contributed by atoms with van der Waals surface area (Å²) in [4.78, 5) is 22.8. The highest BCUT2D eigenvalue weighted by Gasteiger charge is 2.08. The predicted octanol–water partition coefficient (Wildman–Crippen LogP) is 3.09. The standard InChI is InChI=1S/C15H21NO3/c1-4-19-15(18)9-8-14(17)16-13-7-5-6-12(10-13)11(2)3/h5-7,10-11H,4,8-9H2,1-3H3,(H,16,17). The Labute approximate surface area is 114 Å². The van der Waals surface area contributed by atoms with Crippen LogP contribution in [-0.4, -0.2) is 18.5 Å². The minimum atomic E-state index is -0.339. The van der Waals surface area contributed by atoms with Gasteiger partial charge >= 0.3 is 5.97 Å². The quantitative estimate of drug-likeness (QED) is 0.802. The smallest absolute Gasteiger partial charge is 0.306 e. The van der Waals surface area contributed by atoms with E-state index in [-0.39, 0.29) is 24.7 Å². The van der Waals surface area contributed by atoms with Gasteiger partial charge in [-0.15, -0.1) is 0 Å². The lowest BCUT2D eigenvalue weighted by Gasteiger charge is -2.09. The van der Waals surface area contributed by atoms with Crippen molar-refractivity contribution < 1.29 is 14.3 Å². The largest absolute Gasteiger partial charge is 0.466 e. The second kappa shape index (κ2) is 7.56. The van der Waals surface area contributed by atoms with Gasteiger partial charge in [0.15, 0.2) is 0 Å². The van der Waals surface area contributed by atoms with Gasteiger partial charge in [0.1, 0.15) is 0 Å². The first kappa shape index (κ1) is 15.2. The molecule has 0 heterocycles. The van der Waals surface area contributed by atoms with Crippen molar-refractivity contribution in [3.63, 3.8) is 0 Å². The van der Waals surface area contributed by atoms with Crippen LogP contribution in [0.2, 0.25) is 0 Å². The topological polar surface area (TPSA) is 55.4 Å². The zero-order chi connectivity index (χ0) is 14.3. The lowest BCUT2D eigenvalue weighted by Crippen LogP contribution is -2.14. The first-order valence-corrected chi connectivity index (χ1v) is 6.58. The van der Waals surface area contributed by atoms with E-state index in [0.29, 0.717) is 12.5 Å². The highest BCUT2D eigenvalue weighted by molar-refractivity contribution is 5.92. The van der Waals surface area contributed by atoms with E-state index >= 15 is 0 Å². The van der Waals surface area contributed by atoms with Crippen LogP contribution in [0.25, 0.3) is 0 Å². The molecular formula is C15H21NO3. The van der Waals surface area contributed by atoms with Crippen molar-refractivity contribution in [3.8, 4) is 0 Å². The van der Waals surface area contributed by atoms with Crippen molar-refractivity contribution in [2.75, 3.05) is 11.9 Å². The first-order valence-electron chi connectivity index (χ1n) is 6.58. The minimum absolute atomic E-state index is 0.115. The molecule has 4 nitrogen and oxygen atoms in total. The molecule has 0 aliphatic heterocycles. The molecule has 4 heteroatoms. The molecule has 0 unspecified atom stereocenters. The van der Waals surface area contributed by atoms with Gasteiger partial charge in [-0.3, -0.25) is 9.59 Å². The van der Waals surface area contributed by atoms with Crippen LogP contribution in [0, 0.1) is 0 Å². The van der Waals surface area contributed by atoms with Crippen molar-refractivity contribution in [3.05, 3.63) is 29.8 Å². The number of hydrogen-bond donors (Lipinski definition) is 1. The summed E-state index contributed by atoms with van der Waals surface area (Å²) < 4.78 is 4.77. The third kappa shape index (κ3) is 5.55. The summed E-state index contributed by atoms with van der Waals surface area (Å²) in [6.45, 7) is 6.29. The average molecular weight is 263 g/mol. The van der Waals surface area contributed by atoms with E-state index in [1.807, 2.05) is 24.3 Å². The zero-order valence-electron chi connectivity index (χ0n) is 11.7. The van der Waals surface area contributed by atoms with E-state index < -0.39 is 0 Å². The zero-order valence-corrected chi connectivity index (χ0v) is 11.7. The molecule has 1 rings (SSSR count). The molecule has 0 radical (unpaired) electrons. The van der Waals surface area contributed by atoms with E-state index in [0.717, 1.165) is 5.69 Å². The Bertz CT molecular complexity index is 441. The Balaban J connectivity index is 2.48. The predicted molar refractivity (Wildman–Crippen MR) is 75.0 cm³/mol. The lowest BCUT2D eigenvalue weighted by atomic mass is 10.0. The summed E-state index contributed by atoms with van der Waals surface area (Å²) in [6, 6.07) is 7.73. The van der Waals surface area contributed by atoms with Crippen molar-refractivity contribution in [1.29, 1.82) is 0 Å². The first-order chi connectivity index (χ1) is 9.02. The number of amides is 1. The Kier molecular flexibility index (Phi) is 6.06. The number of hydrogen-bond acceptors (Lipinski definition) is 3. The van der Waals surface area contributed by atoms with Gasteiger partial charge in [0, 0.05) is 12.1 Å². The highest BCUT2D eigenvalue weighted by atomic mass is 16.5. The SMILES string of the molecule is CCOC(=O)CCC(=O)Nc1cccc(C(C)C)c1. The molecule has 1 aromatic carbocycles. The van der Waals surface area contributed by atoms with Crippen LogP contribution in [0.4, 0.5) is 5.69 Å². The van der Waals surface area contributed by atoms with E-state index in [1.54, 1.807) is 6.92 Å². The molecule has 1 amide bonds. The summed E-state index contributed by atoms with van der Waals surface area (Å²) in [5, 5.41) is 2.79. The second-order valence-corrected chi connectivity index (χ2v) is 4.63. The number of carbonyl (C=O) groups is 2. The fourth-order valence-electron chi connectivity index (χ4n) is 1.65. The van der Waals surface area contributed by atoms with Gasteiger partial charge in [-0.25, -0.2) is 0 Å². The maximum atomic E-state index is 11.7. The van der Waals surface area contributed by atoms with Crippen LogP contribution in [0.3, 0.4) is 0 Å². The van der Waals surface area contributed by atoms with Gasteiger partial charge in [-0.05, 0) is 30.5 Å². The molecule has 104 valence electrons. The molecule has 0 bridgehead atoms. The molecular weight excluding hydrogens is 242 g/mol. The van der Waals surface area contributed by atoms with Gasteiger partial charge in [0.25, 0.3) is 0 Å². The Morgan fingerprint density at radius 2 is 2.00 bits per heavy atom. The molecule has 19 heavy (non-hydrogen) atoms. The van der Waals surface area contributed by atoms with Gasteiger partial charge in [-0.2, -0.15) is 0 Å². The van der Waals surface area contributed by atoms with Crippen molar-refractivity contribution >= 4 is 17.6 Å². The third-order valence-electron chi connectivity index (χ3n) is 2.70. The van der Waals surface area contributed by atoms with Crippen LogP contribution < -0.4 is 5.32 Å². The molecule has 0 aliphatic carbocycles. The van der Waals surface area contributed by atoms with Crippen molar-refractivity contribution in [2.24, 2.45) is 0 Å². The summed E-state index contributed by atoms with van der Waals surface area (Å²) in [5.74, 6) is -0.0982. The van der Waals surface area contributed by atoms with Gasteiger partial charge < -0.3 is 10.1 Å². The second-order valence-electron chi connectivity index (χ2n) is 4.63. The Morgan fingerprint density at radius 1 is 1.26 bits per heavy atom. The van der Waals surface area contributed by atoms with E-state index in [2.05, 4.69) is 19.2 Å². The number of rotatable bonds is 6. The summed E-state index contributed by atoms with van der Waals surface area (Å²) in [7, 11) is 0. The van der Waals surface area contributed by atoms with E-state index in [4.69, 9.17) is 4.74 Å². The van der Waals surface area contributed by atoms with Crippen LogP contribution in [0.1, 0.15) is 45.1 Å².